The van der Waals surface area contributed by atoms with Gasteiger partial charge in [-0.15, -0.1) is 12.4 Å². The lowest BCUT2D eigenvalue weighted by molar-refractivity contribution is 0.0893. The van der Waals surface area contributed by atoms with E-state index in [1.165, 1.54) is 0 Å². The summed E-state index contributed by atoms with van der Waals surface area (Å²) in [5, 5.41) is 3.03. The Labute approximate surface area is 115 Å². The quantitative estimate of drug-likeness (QED) is 0.867. The van der Waals surface area contributed by atoms with Gasteiger partial charge in [-0.2, -0.15) is 0 Å². The van der Waals surface area contributed by atoms with Crippen molar-refractivity contribution in [2.45, 2.75) is 46.1 Å². The molecule has 0 bridgehead atoms. The van der Waals surface area contributed by atoms with Crippen molar-refractivity contribution in [1.82, 2.24) is 5.32 Å². The molecule has 0 unspecified atom stereocenters. The van der Waals surface area contributed by atoms with Crippen LogP contribution in [0.5, 0.6) is 0 Å². The van der Waals surface area contributed by atoms with E-state index in [1.54, 1.807) is 13.0 Å². The standard InChI is InChI=1S/C13H22N2O2.ClH/c1-5-13(6-2,8-14)15-12(16)11-7-9(3)17-10(11)4;/h7H,5-6,8,14H2,1-4H3,(H,15,16);1H. The number of carbonyl (C=O) groups excluding carboxylic acids is 1. The average Bonchev–Trinajstić information content (AvgIpc) is 2.65. The third-order valence-corrected chi connectivity index (χ3v) is 3.41. The van der Waals surface area contributed by atoms with Crippen LogP contribution in [0.25, 0.3) is 0 Å². The monoisotopic (exact) mass is 274 g/mol. The minimum atomic E-state index is -0.311. The Hall–Kier alpha value is -1.00. The molecule has 1 aromatic heterocycles. The smallest absolute Gasteiger partial charge is 0.255 e. The van der Waals surface area contributed by atoms with Gasteiger partial charge in [0.2, 0.25) is 0 Å². The summed E-state index contributed by atoms with van der Waals surface area (Å²) < 4.78 is 5.36. The number of halogens is 1. The van der Waals surface area contributed by atoms with Crippen molar-refractivity contribution in [3.05, 3.63) is 23.2 Å². The van der Waals surface area contributed by atoms with Crippen LogP contribution in [0.15, 0.2) is 10.5 Å². The number of carbonyl (C=O) groups is 1. The molecule has 0 saturated heterocycles. The number of hydrogen-bond donors (Lipinski definition) is 2. The van der Waals surface area contributed by atoms with Gasteiger partial charge >= 0.3 is 0 Å². The predicted octanol–water partition coefficient (Wildman–Crippen LogP) is 2.57. The summed E-state index contributed by atoms with van der Waals surface area (Å²) in [7, 11) is 0. The van der Waals surface area contributed by atoms with Crippen LogP contribution in [0.1, 0.15) is 48.6 Å². The SMILES string of the molecule is CCC(CC)(CN)NC(=O)c1cc(C)oc1C.Cl. The van der Waals surface area contributed by atoms with Gasteiger partial charge in [0, 0.05) is 6.54 Å². The lowest BCUT2D eigenvalue weighted by Crippen LogP contribution is -2.52. The van der Waals surface area contributed by atoms with E-state index in [0.717, 1.165) is 18.6 Å². The number of nitrogens with one attached hydrogen (secondary N) is 1. The summed E-state index contributed by atoms with van der Waals surface area (Å²) in [4.78, 5) is 12.1. The summed E-state index contributed by atoms with van der Waals surface area (Å²) in [6.07, 6.45) is 1.64. The minimum absolute atomic E-state index is 0. The van der Waals surface area contributed by atoms with Crippen LogP contribution >= 0.6 is 12.4 Å². The topological polar surface area (TPSA) is 68.3 Å². The Morgan fingerprint density at radius 2 is 1.94 bits per heavy atom. The highest BCUT2D eigenvalue weighted by Crippen LogP contribution is 2.18. The summed E-state index contributed by atoms with van der Waals surface area (Å²) in [6.45, 7) is 8.14. The molecular weight excluding hydrogens is 252 g/mol. The molecule has 0 aromatic carbocycles. The molecule has 18 heavy (non-hydrogen) atoms. The van der Waals surface area contributed by atoms with Crippen LogP contribution in [0.2, 0.25) is 0 Å². The molecule has 3 N–H and O–H groups in total. The minimum Gasteiger partial charge on any atom is -0.466 e. The molecule has 0 atom stereocenters. The summed E-state index contributed by atoms with van der Waals surface area (Å²) in [5.74, 6) is 1.30. The van der Waals surface area contributed by atoms with Crippen LogP contribution < -0.4 is 11.1 Å². The molecule has 0 spiro atoms. The molecule has 1 heterocycles. The lowest BCUT2D eigenvalue weighted by atomic mass is 9.92. The number of hydrogen-bond acceptors (Lipinski definition) is 3. The molecule has 1 aromatic rings. The Morgan fingerprint density at radius 1 is 1.39 bits per heavy atom. The zero-order valence-electron chi connectivity index (χ0n) is 11.5. The molecular formula is C13H23ClN2O2. The maximum atomic E-state index is 12.1. The Morgan fingerprint density at radius 3 is 2.28 bits per heavy atom. The number of amides is 1. The summed E-state index contributed by atoms with van der Waals surface area (Å²) in [6, 6.07) is 1.76. The van der Waals surface area contributed by atoms with Gasteiger partial charge in [-0.25, -0.2) is 0 Å². The van der Waals surface area contributed by atoms with Gasteiger partial charge in [0.25, 0.3) is 5.91 Å². The van der Waals surface area contributed by atoms with E-state index in [-0.39, 0.29) is 23.9 Å². The predicted molar refractivity (Wildman–Crippen MR) is 75.3 cm³/mol. The van der Waals surface area contributed by atoms with Crippen LogP contribution in [0.4, 0.5) is 0 Å². The van der Waals surface area contributed by atoms with Crippen LogP contribution in [0, 0.1) is 13.8 Å². The Balaban J connectivity index is 0.00000289. The third kappa shape index (κ3) is 3.50. The van der Waals surface area contributed by atoms with E-state index < -0.39 is 0 Å². The second-order valence-corrected chi connectivity index (χ2v) is 4.47. The number of rotatable bonds is 5. The van der Waals surface area contributed by atoms with Crippen LogP contribution in [0.3, 0.4) is 0 Å². The van der Waals surface area contributed by atoms with Gasteiger partial charge in [-0.1, -0.05) is 13.8 Å². The first kappa shape index (κ1) is 17.0. The maximum absolute atomic E-state index is 12.1. The molecule has 0 fully saturated rings. The molecule has 0 aliphatic carbocycles. The Kier molecular flexibility index (Phi) is 6.43. The van der Waals surface area contributed by atoms with Gasteiger partial charge in [-0.05, 0) is 32.8 Å². The molecule has 5 heteroatoms. The highest BCUT2D eigenvalue weighted by molar-refractivity contribution is 5.95. The van der Waals surface area contributed by atoms with Crippen molar-refractivity contribution in [1.29, 1.82) is 0 Å². The molecule has 0 aliphatic heterocycles. The zero-order chi connectivity index (χ0) is 13.1. The van der Waals surface area contributed by atoms with Gasteiger partial charge in [0.05, 0.1) is 11.1 Å². The highest BCUT2D eigenvalue weighted by Gasteiger charge is 2.28. The molecule has 1 rings (SSSR count). The second kappa shape index (κ2) is 6.81. The van der Waals surface area contributed by atoms with Crippen molar-refractivity contribution >= 4 is 18.3 Å². The van der Waals surface area contributed by atoms with Gasteiger partial charge in [-0.3, -0.25) is 4.79 Å². The molecule has 0 aliphatic rings. The highest BCUT2D eigenvalue weighted by atomic mass is 35.5. The van der Waals surface area contributed by atoms with Crippen molar-refractivity contribution in [3.8, 4) is 0 Å². The van der Waals surface area contributed by atoms with Gasteiger partial charge < -0.3 is 15.5 Å². The molecule has 1 amide bonds. The van der Waals surface area contributed by atoms with Crippen LogP contribution in [-0.2, 0) is 0 Å². The summed E-state index contributed by atoms with van der Waals surface area (Å²) >= 11 is 0. The fourth-order valence-electron chi connectivity index (χ4n) is 1.93. The zero-order valence-corrected chi connectivity index (χ0v) is 12.3. The first-order valence-electron chi connectivity index (χ1n) is 6.07. The average molecular weight is 275 g/mol. The molecule has 0 radical (unpaired) electrons. The van der Waals surface area contributed by atoms with E-state index in [0.29, 0.717) is 17.9 Å². The fourth-order valence-corrected chi connectivity index (χ4v) is 1.93. The largest absolute Gasteiger partial charge is 0.466 e. The Bertz CT molecular complexity index is 389. The van der Waals surface area contributed by atoms with E-state index in [9.17, 15) is 4.79 Å². The molecule has 0 saturated carbocycles. The van der Waals surface area contributed by atoms with Gasteiger partial charge in [0.1, 0.15) is 11.5 Å². The normalized spacial score (nSPS) is 10.9. The van der Waals surface area contributed by atoms with Gasteiger partial charge in [0.15, 0.2) is 0 Å². The first-order valence-corrected chi connectivity index (χ1v) is 6.07. The van der Waals surface area contributed by atoms with E-state index in [2.05, 4.69) is 5.32 Å². The van der Waals surface area contributed by atoms with Crippen molar-refractivity contribution in [2.24, 2.45) is 5.73 Å². The molecule has 4 nitrogen and oxygen atoms in total. The number of furan rings is 1. The fraction of sp³-hybridized carbons (Fsp3) is 0.615. The number of aryl methyl sites for hydroxylation is 2. The van der Waals surface area contributed by atoms with E-state index >= 15 is 0 Å². The van der Waals surface area contributed by atoms with E-state index in [1.807, 2.05) is 20.8 Å². The first-order chi connectivity index (χ1) is 7.98. The van der Waals surface area contributed by atoms with Crippen molar-refractivity contribution in [2.75, 3.05) is 6.54 Å². The third-order valence-electron chi connectivity index (χ3n) is 3.41. The van der Waals surface area contributed by atoms with Crippen molar-refractivity contribution < 1.29 is 9.21 Å². The maximum Gasteiger partial charge on any atom is 0.255 e. The van der Waals surface area contributed by atoms with E-state index in [4.69, 9.17) is 10.2 Å². The van der Waals surface area contributed by atoms with Crippen LogP contribution in [-0.4, -0.2) is 18.0 Å². The summed E-state index contributed by atoms with van der Waals surface area (Å²) in [5.41, 5.74) is 6.05. The number of nitrogens with two attached hydrogens (primary N) is 1. The molecule has 104 valence electrons. The van der Waals surface area contributed by atoms with Crippen molar-refractivity contribution in [3.63, 3.8) is 0 Å². The lowest BCUT2D eigenvalue weighted by Gasteiger charge is -2.31. The second-order valence-electron chi connectivity index (χ2n) is 4.47.